The standard InChI is InChI=1S/C13H20ClN3S/c1-8(2)11-16-10(14)9(3)12(17-11)15-7-13(18-4)5-6-13/h8H,5-7H2,1-4H3,(H,15,16,17). The van der Waals surface area contributed by atoms with E-state index in [1.165, 1.54) is 12.8 Å². The van der Waals surface area contributed by atoms with Crippen molar-refractivity contribution in [2.45, 2.75) is 44.3 Å². The molecular formula is C13H20ClN3S. The molecule has 0 radical (unpaired) electrons. The van der Waals surface area contributed by atoms with Crippen LogP contribution < -0.4 is 5.32 Å². The van der Waals surface area contributed by atoms with E-state index >= 15 is 0 Å². The van der Waals surface area contributed by atoms with Gasteiger partial charge in [-0.1, -0.05) is 25.4 Å². The molecule has 1 N–H and O–H groups in total. The highest BCUT2D eigenvalue weighted by Crippen LogP contribution is 2.47. The zero-order valence-electron chi connectivity index (χ0n) is 11.4. The van der Waals surface area contributed by atoms with Crippen LogP contribution in [0.4, 0.5) is 5.82 Å². The second kappa shape index (κ2) is 5.25. The van der Waals surface area contributed by atoms with E-state index in [1.54, 1.807) is 0 Å². The minimum Gasteiger partial charge on any atom is -0.368 e. The van der Waals surface area contributed by atoms with E-state index < -0.39 is 0 Å². The van der Waals surface area contributed by atoms with Crippen molar-refractivity contribution in [3.63, 3.8) is 0 Å². The summed E-state index contributed by atoms with van der Waals surface area (Å²) in [5, 5.41) is 4.01. The van der Waals surface area contributed by atoms with Gasteiger partial charge in [0, 0.05) is 22.8 Å². The van der Waals surface area contributed by atoms with Crippen molar-refractivity contribution >= 4 is 29.2 Å². The van der Waals surface area contributed by atoms with Crippen molar-refractivity contribution in [1.82, 2.24) is 9.97 Å². The third kappa shape index (κ3) is 2.91. The minimum atomic E-state index is 0.291. The summed E-state index contributed by atoms with van der Waals surface area (Å²) in [5.74, 6) is 1.99. The third-order valence-corrected chi connectivity index (χ3v) is 5.23. The summed E-state index contributed by atoms with van der Waals surface area (Å²) in [4.78, 5) is 8.90. The van der Waals surface area contributed by atoms with Crippen LogP contribution in [0.3, 0.4) is 0 Å². The van der Waals surface area contributed by atoms with E-state index in [0.29, 0.717) is 15.8 Å². The van der Waals surface area contributed by atoms with Crippen LogP contribution >= 0.6 is 23.4 Å². The van der Waals surface area contributed by atoms with E-state index in [4.69, 9.17) is 11.6 Å². The number of halogens is 1. The topological polar surface area (TPSA) is 37.8 Å². The Hall–Kier alpha value is -0.480. The highest BCUT2D eigenvalue weighted by molar-refractivity contribution is 8.00. The zero-order chi connectivity index (χ0) is 13.3. The normalized spacial score (nSPS) is 17.0. The summed E-state index contributed by atoms with van der Waals surface area (Å²) in [7, 11) is 0. The lowest BCUT2D eigenvalue weighted by Crippen LogP contribution is -2.19. The lowest BCUT2D eigenvalue weighted by atomic mass is 10.2. The van der Waals surface area contributed by atoms with Crippen LogP contribution in [0.5, 0.6) is 0 Å². The number of hydrogen-bond acceptors (Lipinski definition) is 4. The molecule has 1 aromatic heterocycles. The number of aromatic nitrogens is 2. The molecule has 0 atom stereocenters. The Kier molecular flexibility index (Phi) is 4.07. The molecular weight excluding hydrogens is 266 g/mol. The lowest BCUT2D eigenvalue weighted by molar-refractivity contribution is 0.770. The zero-order valence-corrected chi connectivity index (χ0v) is 13.0. The predicted octanol–water partition coefficient (Wildman–Crippen LogP) is 3.87. The Balaban J connectivity index is 2.16. The van der Waals surface area contributed by atoms with Crippen molar-refractivity contribution in [1.29, 1.82) is 0 Å². The number of thioether (sulfide) groups is 1. The van der Waals surface area contributed by atoms with Gasteiger partial charge in [0.1, 0.15) is 16.8 Å². The maximum atomic E-state index is 6.17. The van der Waals surface area contributed by atoms with Crippen molar-refractivity contribution in [2.24, 2.45) is 0 Å². The largest absolute Gasteiger partial charge is 0.368 e. The van der Waals surface area contributed by atoms with E-state index in [0.717, 1.165) is 23.8 Å². The van der Waals surface area contributed by atoms with Gasteiger partial charge in [-0.3, -0.25) is 0 Å². The summed E-state index contributed by atoms with van der Waals surface area (Å²) in [6, 6.07) is 0. The molecule has 1 aromatic rings. The molecule has 0 unspecified atom stereocenters. The highest BCUT2D eigenvalue weighted by atomic mass is 35.5. The average molecular weight is 286 g/mol. The Morgan fingerprint density at radius 1 is 1.39 bits per heavy atom. The van der Waals surface area contributed by atoms with Gasteiger partial charge in [0.15, 0.2) is 0 Å². The quantitative estimate of drug-likeness (QED) is 0.834. The minimum absolute atomic E-state index is 0.291. The van der Waals surface area contributed by atoms with Gasteiger partial charge < -0.3 is 5.32 Å². The molecule has 0 aliphatic heterocycles. The number of hydrogen-bond donors (Lipinski definition) is 1. The first-order chi connectivity index (χ1) is 8.47. The molecule has 1 saturated carbocycles. The fraction of sp³-hybridized carbons (Fsp3) is 0.692. The first-order valence-corrected chi connectivity index (χ1v) is 7.91. The monoisotopic (exact) mass is 285 g/mol. The van der Waals surface area contributed by atoms with Crippen molar-refractivity contribution in [3.8, 4) is 0 Å². The molecule has 0 amide bonds. The smallest absolute Gasteiger partial charge is 0.137 e. The molecule has 100 valence electrons. The molecule has 0 spiro atoms. The third-order valence-electron chi connectivity index (χ3n) is 3.44. The second-order valence-electron chi connectivity index (χ2n) is 5.24. The Morgan fingerprint density at radius 2 is 2.06 bits per heavy atom. The number of nitrogens with one attached hydrogen (secondary N) is 1. The van der Waals surface area contributed by atoms with Gasteiger partial charge in [-0.15, -0.1) is 0 Å². The van der Waals surface area contributed by atoms with Gasteiger partial charge in [-0.05, 0) is 26.0 Å². The maximum absolute atomic E-state index is 6.17. The van der Waals surface area contributed by atoms with E-state index in [2.05, 4.69) is 35.4 Å². The van der Waals surface area contributed by atoms with Crippen molar-refractivity contribution in [3.05, 3.63) is 16.5 Å². The van der Waals surface area contributed by atoms with Crippen LogP contribution in [0, 0.1) is 6.92 Å². The molecule has 0 saturated heterocycles. The molecule has 3 nitrogen and oxygen atoms in total. The summed E-state index contributed by atoms with van der Waals surface area (Å²) in [6.45, 7) is 7.08. The van der Waals surface area contributed by atoms with Crippen LogP contribution in [0.25, 0.3) is 0 Å². The second-order valence-corrected chi connectivity index (χ2v) is 6.87. The van der Waals surface area contributed by atoms with Crippen LogP contribution in [0.1, 0.15) is 44.0 Å². The molecule has 0 bridgehead atoms. The van der Waals surface area contributed by atoms with Gasteiger partial charge in [0.05, 0.1) is 0 Å². The molecule has 18 heavy (non-hydrogen) atoms. The summed E-state index contributed by atoms with van der Waals surface area (Å²) in [6.07, 6.45) is 4.75. The first-order valence-electron chi connectivity index (χ1n) is 6.30. The Labute approximate surface area is 118 Å². The average Bonchev–Trinajstić information content (AvgIpc) is 3.11. The number of nitrogens with zero attached hydrogens (tertiary/aromatic N) is 2. The summed E-state index contributed by atoms with van der Waals surface area (Å²) in [5.41, 5.74) is 0.943. The SMILES string of the molecule is CSC1(CNc2nc(C(C)C)nc(Cl)c2C)CC1. The van der Waals surface area contributed by atoms with Crippen LogP contribution in [0.15, 0.2) is 0 Å². The summed E-state index contributed by atoms with van der Waals surface area (Å²) < 4.78 is 0.419. The molecule has 5 heteroatoms. The molecule has 2 rings (SSSR count). The van der Waals surface area contributed by atoms with Crippen LogP contribution in [0.2, 0.25) is 5.15 Å². The van der Waals surface area contributed by atoms with Gasteiger partial charge in [0.25, 0.3) is 0 Å². The fourth-order valence-corrected chi connectivity index (χ4v) is 2.68. The number of rotatable bonds is 5. The van der Waals surface area contributed by atoms with Crippen LogP contribution in [-0.2, 0) is 0 Å². The maximum Gasteiger partial charge on any atom is 0.137 e. The van der Waals surface area contributed by atoms with Crippen molar-refractivity contribution < 1.29 is 0 Å². The molecule has 1 heterocycles. The van der Waals surface area contributed by atoms with Crippen molar-refractivity contribution in [2.75, 3.05) is 18.1 Å². The first kappa shape index (κ1) is 13.9. The molecule has 1 aliphatic carbocycles. The summed E-state index contributed by atoms with van der Waals surface area (Å²) >= 11 is 8.11. The van der Waals surface area contributed by atoms with Gasteiger partial charge >= 0.3 is 0 Å². The number of anilines is 1. The highest BCUT2D eigenvalue weighted by Gasteiger charge is 2.41. The Bertz CT molecular complexity index is 444. The Morgan fingerprint density at radius 3 is 2.56 bits per heavy atom. The lowest BCUT2D eigenvalue weighted by Gasteiger charge is -2.16. The van der Waals surface area contributed by atoms with Gasteiger partial charge in [-0.25, -0.2) is 9.97 Å². The molecule has 1 fully saturated rings. The van der Waals surface area contributed by atoms with E-state index in [9.17, 15) is 0 Å². The van der Waals surface area contributed by atoms with E-state index in [-0.39, 0.29) is 0 Å². The van der Waals surface area contributed by atoms with Crippen LogP contribution in [-0.4, -0.2) is 27.5 Å². The molecule has 0 aromatic carbocycles. The van der Waals surface area contributed by atoms with E-state index in [1.807, 2.05) is 18.7 Å². The molecule has 1 aliphatic rings. The predicted molar refractivity (Wildman–Crippen MR) is 79.8 cm³/mol. The fourth-order valence-electron chi connectivity index (χ4n) is 1.77. The van der Waals surface area contributed by atoms with Gasteiger partial charge in [0.2, 0.25) is 0 Å². The van der Waals surface area contributed by atoms with Gasteiger partial charge in [-0.2, -0.15) is 11.8 Å².